The van der Waals surface area contributed by atoms with Crippen LogP contribution in [0.3, 0.4) is 0 Å². The van der Waals surface area contributed by atoms with E-state index < -0.39 is 0 Å². The zero-order chi connectivity index (χ0) is 19.2. The SMILES string of the molecule is COc1ccc(OC)c(C=C2SC(=O)N(CCCc3ccccc3)C2=O)c1. The fraction of sp³-hybridized carbons (Fsp3) is 0.238. The fourth-order valence-corrected chi connectivity index (χ4v) is 3.73. The maximum Gasteiger partial charge on any atom is 0.293 e. The second-order valence-corrected chi connectivity index (χ2v) is 7.02. The molecule has 0 spiro atoms. The Balaban J connectivity index is 1.71. The lowest BCUT2D eigenvalue weighted by Gasteiger charge is -2.12. The first-order chi connectivity index (χ1) is 13.1. The molecule has 0 saturated carbocycles. The Morgan fingerprint density at radius 1 is 1.04 bits per heavy atom. The minimum absolute atomic E-state index is 0.235. The third-order valence-electron chi connectivity index (χ3n) is 4.29. The van der Waals surface area contributed by atoms with Crippen molar-refractivity contribution in [2.24, 2.45) is 0 Å². The highest BCUT2D eigenvalue weighted by Crippen LogP contribution is 2.35. The molecule has 2 amide bonds. The summed E-state index contributed by atoms with van der Waals surface area (Å²) in [6.45, 7) is 0.409. The quantitative estimate of drug-likeness (QED) is 0.665. The van der Waals surface area contributed by atoms with E-state index in [4.69, 9.17) is 9.47 Å². The molecular weight excluding hydrogens is 362 g/mol. The van der Waals surface area contributed by atoms with Crippen molar-refractivity contribution in [2.75, 3.05) is 20.8 Å². The number of benzene rings is 2. The largest absolute Gasteiger partial charge is 0.497 e. The van der Waals surface area contributed by atoms with Crippen molar-refractivity contribution in [3.63, 3.8) is 0 Å². The predicted molar refractivity (Wildman–Crippen MR) is 107 cm³/mol. The van der Waals surface area contributed by atoms with Crippen molar-refractivity contribution in [1.82, 2.24) is 4.90 Å². The highest BCUT2D eigenvalue weighted by molar-refractivity contribution is 8.18. The first kappa shape index (κ1) is 19.0. The molecule has 0 aliphatic carbocycles. The van der Waals surface area contributed by atoms with Crippen LogP contribution in [0.15, 0.2) is 53.4 Å². The van der Waals surface area contributed by atoms with Crippen LogP contribution in [0.1, 0.15) is 17.5 Å². The van der Waals surface area contributed by atoms with E-state index in [0.717, 1.165) is 24.6 Å². The fourth-order valence-electron chi connectivity index (χ4n) is 2.87. The number of nitrogens with zero attached hydrogens (tertiary/aromatic N) is 1. The van der Waals surface area contributed by atoms with Gasteiger partial charge in [-0.2, -0.15) is 0 Å². The molecule has 6 heteroatoms. The second kappa shape index (κ2) is 8.77. The zero-order valence-corrected chi connectivity index (χ0v) is 16.1. The number of amides is 2. The van der Waals surface area contributed by atoms with Crippen molar-refractivity contribution in [3.05, 3.63) is 64.6 Å². The van der Waals surface area contributed by atoms with Crippen molar-refractivity contribution in [3.8, 4) is 11.5 Å². The molecule has 1 aliphatic rings. The number of hydrogen-bond acceptors (Lipinski definition) is 5. The van der Waals surface area contributed by atoms with E-state index in [1.807, 2.05) is 30.3 Å². The predicted octanol–water partition coefficient (Wildman–Crippen LogP) is 4.37. The standard InChI is InChI=1S/C21H21NO4S/c1-25-17-10-11-18(26-2)16(13-17)14-19-20(23)22(21(24)27-19)12-6-9-15-7-4-3-5-8-15/h3-5,7-8,10-11,13-14H,6,9,12H2,1-2H3. The smallest absolute Gasteiger partial charge is 0.293 e. The van der Waals surface area contributed by atoms with E-state index in [0.29, 0.717) is 28.5 Å². The lowest BCUT2D eigenvalue weighted by atomic mass is 10.1. The van der Waals surface area contributed by atoms with Crippen LogP contribution in [0.2, 0.25) is 0 Å². The highest BCUT2D eigenvalue weighted by atomic mass is 32.2. The van der Waals surface area contributed by atoms with Crippen molar-refractivity contribution < 1.29 is 19.1 Å². The van der Waals surface area contributed by atoms with Crippen LogP contribution in [0, 0.1) is 0 Å². The van der Waals surface area contributed by atoms with Gasteiger partial charge in [0.05, 0.1) is 19.1 Å². The lowest BCUT2D eigenvalue weighted by molar-refractivity contribution is -0.122. The third-order valence-corrected chi connectivity index (χ3v) is 5.19. The van der Waals surface area contributed by atoms with E-state index >= 15 is 0 Å². The van der Waals surface area contributed by atoms with Gasteiger partial charge >= 0.3 is 0 Å². The molecule has 0 atom stereocenters. The van der Waals surface area contributed by atoms with Gasteiger partial charge in [-0.25, -0.2) is 0 Å². The second-order valence-electron chi connectivity index (χ2n) is 6.03. The van der Waals surface area contributed by atoms with Gasteiger partial charge in [-0.3, -0.25) is 14.5 Å². The summed E-state index contributed by atoms with van der Waals surface area (Å²) < 4.78 is 10.6. The summed E-state index contributed by atoms with van der Waals surface area (Å²) in [4.78, 5) is 26.6. The Hall–Kier alpha value is -2.73. The average Bonchev–Trinajstić information content (AvgIpc) is 2.96. The molecule has 2 aromatic carbocycles. The third kappa shape index (κ3) is 4.52. The summed E-state index contributed by atoms with van der Waals surface area (Å²) in [6, 6.07) is 15.4. The number of rotatable bonds is 7. The molecule has 0 N–H and O–H groups in total. The van der Waals surface area contributed by atoms with Gasteiger partial charge < -0.3 is 9.47 Å². The van der Waals surface area contributed by atoms with Crippen LogP contribution in [-0.2, 0) is 11.2 Å². The Labute approximate surface area is 163 Å². The van der Waals surface area contributed by atoms with Gasteiger partial charge in [0.2, 0.25) is 0 Å². The van der Waals surface area contributed by atoms with Crippen LogP contribution in [0.25, 0.3) is 6.08 Å². The number of hydrogen-bond donors (Lipinski definition) is 0. The molecule has 1 aliphatic heterocycles. The number of methoxy groups -OCH3 is 2. The summed E-state index contributed by atoms with van der Waals surface area (Å²) in [5, 5.41) is -0.235. The molecule has 0 radical (unpaired) electrons. The molecule has 1 saturated heterocycles. The van der Waals surface area contributed by atoms with E-state index in [9.17, 15) is 9.59 Å². The first-order valence-electron chi connectivity index (χ1n) is 8.63. The number of carbonyl (C=O) groups is 2. The minimum Gasteiger partial charge on any atom is -0.497 e. The molecule has 5 nitrogen and oxygen atoms in total. The minimum atomic E-state index is -0.261. The molecule has 140 valence electrons. The van der Waals surface area contributed by atoms with Crippen LogP contribution >= 0.6 is 11.8 Å². The van der Waals surface area contributed by atoms with Crippen LogP contribution in [0.4, 0.5) is 4.79 Å². The number of carbonyl (C=O) groups excluding carboxylic acids is 2. The van der Waals surface area contributed by atoms with Crippen LogP contribution < -0.4 is 9.47 Å². The van der Waals surface area contributed by atoms with Gasteiger partial charge in [0.25, 0.3) is 11.1 Å². The van der Waals surface area contributed by atoms with E-state index in [1.54, 1.807) is 38.5 Å². The van der Waals surface area contributed by atoms with Crippen LogP contribution in [0.5, 0.6) is 11.5 Å². The molecule has 27 heavy (non-hydrogen) atoms. The molecule has 0 aromatic heterocycles. The first-order valence-corrected chi connectivity index (χ1v) is 9.45. The van der Waals surface area contributed by atoms with Crippen LogP contribution in [-0.4, -0.2) is 36.8 Å². The molecule has 2 aromatic rings. The number of thioether (sulfide) groups is 1. The van der Waals surface area contributed by atoms with Gasteiger partial charge in [-0.05, 0) is 54.4 Å². The maximum absolute atomic E-state index is 12.7. The van der Waals surface area contributed by atoms with Crippen molar-refractivity contribution in [1.29, 1.82) is 0 Å². The summed E-state index contributed by atoms with van der Waals surface area (Å²) in [6.07, 6.45) is 3.24. The number of aryl methyl sites for hydroxylation is 1. The average molecular weight is 383 g/mol. The van der Waals surface area contributed by atoms with Gasteiger partial charge in [0, 0.05) is 12.1 Å². The van der Waals surface area contributed by atoms with E-state index in [1.165, 1.54) is 10.5 Å². The Morgan fingerprint density at radius 3 is 2.52 bits per heavy atom. The van der Waals surface area contributed by atoms with Gasteiger partial charge in [0.1, 0.15) is 11.5 Å². The Bertz CT molecular complexity index is 864. The number of imide groups is 1. The Morgan fingerprint density at radius 2 is 1.81 bits per heavy atom. The molecular formula is C21H21NO4S. The molecule has 0 bridgehead atoms. The van der Waals surface area contributed by atoms with Gasteiger partial charge in [-0.1, -0.05) is 30.3 Å². The molecule has 1 heterocycles. The Kier molecular flexibility index (Phi) is 6.19. The number of ether oxygens (including phenoxy) is 2. The van der Waals surface area contributed by atoms with E-state index in [-0.39, 0.29) is 11.1 Å². The van der Waals surface area contributed by atoms with Gasteiger partial charge in [0.15, 0.2) is 0 Å². The summed E-state index contributed by atoms with van der Waals surface area (Å²) in [7, 11) is 3.14. The summed E-state index contributed by atoms with van der Waals surface area (Å²) in [5.41, 5.74) is 1.90. The molecule has 1 fully saturated rings. The van der Waals surface area contributed by atoms with Crippen molar-refractivity contribution >= 4 is 29.0 Å². The van der Waals surface area contributed by atoms with Gasteiger partial charge in [-0.15, -0.1) is 0 Å². The molecule has 3 rings (SSSR count). The maximum atomic E-state index is 12.7. The lowest BCUT2D eigenvalue weighted by Crippen LogP contribution is -2.29. The van der Waals surface area contributed by atoms with Crippen molar-refractivity contribution in [2.45, 2.75) is 12.8 Å². The normalized spacial score (nSPS) is 15.5. The molecule has 0 unspecified atom stereocenters. The summed E-state index contributed by atoms with van der Waals surface area (Å²) >= 11 is 0.958. The topological polar surface area (TPSA) is 55.8 Å². The highest BCUT2D eigenvalue weighted by Gasteiger charge is 2.34. The zero-order valence-electron chi connectivity index (χ0n) is 15.3. The monoisotopic (exact) mass is 383 g/mol. The summed E-state index contributed by atoms with van der Waals surface area (Å²) in [5.74, 6) is 1.01. The van der Waals surface area contributed by atoms with E-state index in [2.05, 4.69) is 0 Å².